The molecule has 2 aliphatic rings. The number of hydrogen-bond donors (Lipinski definition) is 1. The van der Waals surface area contributed by atoms with Gasteiger partial charge in [-0.15, -0.1) is 0 Å². The lowest BCUT2D eigenvalue weighted by molar-refractivity contribution is 0.151. The fourth-order valence-corrected chi connectivity index (χ4v) is 6.42. The molecule has 2 saturated heterocycles. The van der Waals surface area contributed by atoms with Crippen molar-refractivity contribution in [2.75, 3.05) is 18.1 Å². The van der Waals surface area contributed by atoms with Crippen LogP contribution in [0.1, 0.15) is 6.92 Å². The van der Waals surface area contributed by atoms with E-state index in [1.54, 1.807) is 6.92 Å². The van der Waals surface area contributed by atoms with E-state index in [1.165, 1.54) is 11.8 Å². The molecule has 2 aliphatic heterocycles. The number of rotatable bonds is 2. The average Bonchev–Trinajstić information content (AvgIpc) is 2.47. The summed E-state index contributed by atoms with van der Waals surface area (Å²) in [6, 6.07) is -0.0258. The maximum Gasteiger partial charge on any atom is 0.153 e. The van der Waals surface area contributed by atoms with E-state index < -0.39 is 15.9 Å². The second-order valence-electron chi connectivity index (χ2n) is 4.07. The molecule has 0 aliphatic carbocycles. The normalized spacial score (nSPS) is 35.6. The summed E-state index contributed by atoms with van der Waals surface area (Å²) in [4.78, 5) is 1.86. The summed E-state index contributed by atoms with van der Waals surface area (Å²) in [7, 11) is -2.90. The van der Waals surface area contributed by atoms with E-state index in [-0.39, 0.29) is 22.8 Å². The summed E-state index contributed by atoms with van der Waals surface area (Å²) in [5.41, 5.74) is 0. The van der Waals surface area contributed by atoms with Crippen LogP contribution >= 0.6 is 24.0 Å². The van der Waals surface area contributed by atoms with Crippen molar-refractivity contribution >= 4 is 38.1 Å². The summed E-state index contributed by atoms with van der Waals surface area (Å²) in [5.74, 6) is 0.399. The zero-order valence-corrected chi connectivity index (χ0v) is 10.7. The summed E-state index contributed by atoms with van der Waals surface area (Å²) in [5, 5.41) is 9.39. The number of aliphatic hydroxyl groups is 1. The van der Waals surface area contributed by atoms with Gasteiger partial charge in [-0.2, -0.15) is 0 Å². The Hall–Kier alpha value is 0.150. The van der Waals surface area contributed by atoms with Gasteiger partial charge in [0.25, 0.3) is 0 Å². The molecule has 1 unspecified atom stereocenters. The van der Waals surface area contributed by atoms with Gasteiger partial charge < -0.3 is 10.0 Å². The van der Waals surface area contributed by atoms with Gasteiger partial charge in [-0.1, -0.05) is 24.0 Å². The molecule has 1 N–H and O–H groups in total. The summed E-state index contributed by atoms with van der Waals surface area (Å²) < 4.78 is 23.6. The first kappa shape index (κ1) is 11.6. The molecule has 86 valence electrons. The quantitative estimate of drug-likeness (QED) is 0.703. The molecular weight excluding hydrogens is 254 g/mol. The zero-order valence-electron chi connectivity index (χ0n) is 8.29. The Kier molecular flexibility index (Phi) is 3.00. The summed E-state index contributed by atoms with van der Waals surface area (Å²) in [6.07, 6.45) is -0.481. The lowest BCUT2D eigenvalue weighted by atomic mass is 10.2. The zero-order chi connectivity index (χ0) is 11.2. The Bertz CT molecular complexity index is 379. The van der Waals surface area contributed by atoms with Crippen LogP contribution < -0.4 is 0 Å². The van der Waals surface area contributed by atoms with Crippen LogP contribution in [0.15, 0.2) is 0 Å². The van der Waals surface area contributed by atoms with Crippen LogP contribution in [-0.4, -0.2) is 58.2 Å². The number of fused-ring (bicyclic) bond motifs is 1. The predicted octanol–water partition coefficient (Wildman–Crippen LogP) is -0.133. The van der Waals surface area contributed by atoms with E-state index in [9.17, 15) is 13.5 Å². The molecule has 0 aromatic carbocycles. The third kappa shape index (κ3) is 2.30. The summed E-state index contributed by atoms with van der Waals surface area (Å²) in [6.45, 7) is 2.12. The fraction of sp³-hybridized carbons (Fsp3) is 0.875. The number of hydrogen-bond acceptors (Lipinski definition) is 5. The maximum atomic E-state index is 11.4. The Morgan fingerprint density at radius 2 is 2.33 bits per heavy atom. The maximum absolute atomic E-state index is 11.4. The highest BCUT2D eigenvalue weighted by atomic mass is 32.2. The van der Waals surface area contributed by atoms with Crippen LogP contribution in [0.4, 0.5) is 0 Å². The van der Waals surface area contributed by atoms with Crippen molar-refractivity contribution in [3.8, 4) is 0 Å². The van der Waals surface area contributed by atoms with E-state index in [0.717, 1.165) is 4.32 Å². The van der Waals surface area contributed by atoms with Gasteiger partial charge in [-0.3, -0.25) is 0 Å². The number of sulfone groups is 1. The molecule has 3 atom stereocenters. The van der Waals surface area contributed by atoms with E-state index in [0.29, 0.717) is 6.54 Å². The van der Waals surface area contributed by atoms with Crippen LogP contribution in [0.5, 0.6) is 0 Å². The van der Waals surface area contributed by atoms with Crippen LogP contribution in [0.3, 0.4) is 0 Å². The fourth-order valence-electron chi connectivity index (χ4n) is 2.03. The van der Waals surface area contributed by atoms with Crippen LogP contribution in [0.2, 0.25) is 0 Å². The van der Waals surface area contributed by atoms with Gasteiger partial charge in [0.15, 0.2) is 9.84 Å². The van der Waals surface area contributed by atoms with E-state index in [1.807, 2.05) is 4.90 Å². The van der Waals surface area contributed by atoms with Crippen LogP contribution in [0, 0.1) is 0 Å². The Morgan fingerprint density at radius 3 is 2.93 bits per heavy atom. The standard InChI is InChI=1S/C8H13NO3S3/c1-5(10)2-9-6-3-15(11,12)4-7(6)14-8(9)13/h5-7,10H,2-4H2,1H3/t5?,6-,7+/m1/s1. The largest absolute Gasteiger partial charge is 0.392 e. The van der Waals surface area contributed by atoms with Gasteiger partial charge >= 0.3 is 0 Å². The number of aliphatic hydroxyl groups excluding tert-OH is 1. The summed E-state index contributed by atoms with van der Waals surface area (Å²) >= 11 is 6.63. The topological polar surface area (TPSA) is 57.6 Å². The molecule has 2 heterocycles. The number of thiocarbonyl (C=S) groups is 1. The van der Waals surface area contributed by atoms with Crippen LogP contribution in [-0.2, 0) is 9.84 Å². The molecule has 2 fully saturated rings. The van der Waals surface area contributed by atoms with E-state index in [2.05, 4.69) is 0 Å². The molecule has 0 aromatic rings. The van der Waals surface area contributed by atoms with Crippen molar-refractivity contribution in [3.05, 3.63) is 0 Å². The predicted molar refractivity (Wildman–Crippen MR) is 64.8 cm³/mol. The second-order valence-corrected chi connectivity index (χ2v) is 8.09. The molecule has 4 nitrogen and oxygen atoms in total. The first-order valence-corrected chi connectivity index (χ1v) is 7.86. The van der Waals surface area contributed by atoms with Gasteiger partial charge in [0.05, 0.1) is 23.7 Å². The number of nitrogens with zero attached hydrogens (tertiary/aromatic N) is 1. The molecule has 0 saturated carbocycles. The molecule has 0 radical (unpaired) electrons. The second kappa shape index (κ2) is 3.87. The van der Waals surface area contributed by atoms with Gasteiger partial charge in [0.1, 0.15) is 4.32 Å². The van der Waals surface area contributed by atoms with Crippen molar-refractivity contribution in [1.82, 2.24) is 4.90 Å². The van der Waals surface area contributed by atoms with Crippen molar-refractivity contribution in [2.45, 2.75) is 24.3 Å². The smallest absolute Gasteiger partial charge is 0.153 e. The molecular formula is C8H13NO3S3. The number of thioether (sulfide) groups is 1. The SMILES string of the molecule is CC(O)CN1C(=S)S[C@H]2CS(=O)(=O)C[C@H]21. The Balaban J connectivity index is 2.15. The van der Waals surface area contributed by atoms with Crippen molar-refractivity contribution in [1.29, 1.82) is 0 Å². The third-order valence-corrected chi connectivity index (χ3v) is 6.29. The molecule has 2 rings (SSSR count). The van der Waals surface area contributed by atoms with Crippen LogP contribution in [0.25, 0.3) is 0 Å². The molecule has 0 bridgehead atoms. The molecule has 7 heteroatoms. The minimum absolute atomic E-state index is 0.0258. The van der Waals surface area contributed by atoms with Crippen molar-refractivity contribution in [3.63, 3.8) is 0 Å². The van der Waals surface area contributed by atoms with Gasteiger partial charge in [0.2, 0.25) is 0 Å². The van der Waals surface area contributed by atoms with E-state index in [4.69, 9.17) is 12.2 Å². The molecule has 0 aromatic heterocycles. The van der Waals surface area contributed by atoms with E-state index >= 15 is 0 Å². The highest BCUT2D eigenvalue weighted by Crippen LogP contribution is 2.37. The lowest BCUT2D eigenvalue weighted by Gasteiger charge is -2.25. The average molecular weight is 267 g/mol. The van der Waals surface area contributed by atoms with Crippen molar-refractivity contribution < 1.29 is 13.5 Å². The molecule has 0 amide bonds. The molecule has 15 heavy (non-hydrogen) atoms. The highest BCUT2D eigenvalue weighted by molar-refractivity contribution is 8.24. The van der Waals surface area contributed by atoms with Gasteiger partial charge in [0, 0.05) is 11.8 Å². The lowest BCUT2D eigenvalue weighted by Crippen LogP contribution is -2.40. The third-order valence-electron chi connectivity index (χ3n) is 2.62. The Labute approximate surface area is 98.9 Å². The van der Waals surface area contributed by atoms with Gasteiger partial charge in [-0.05, 0) is 6.92 Å². The first-order valence-electron chi connectivity index (χ1n) is 4.75. The number of β-amino-alcohol motifs (C(OH)–C–C–N with tert-alkyl or cyclic N) is 1. The Morgan fingerprint density at radius 1 is 1.67 bits per heavy atom. The minimum atomic E-state index is -2.90. The minimum Gasteiger partial charge on any atom is -0.392 e. The first-order chi connectivity index (χ1) is 6.89. The highest BCUT2D eigenvalue weighted by Gasteiger charge is 2.47. The monoisotopic (exact) mass is 267 g/mol. The van der Waals surface area contributed by atoms with Gasteiger partial charge in [-0.25, -0.2) is 8.42 Å². The molecule has 0 spiro atoms. The van der Waals surface area contributed by atoms with Crippen molar-refractivity contribution in [2.24, 2.45) is 0 Å².